The van der Waals surface area contributed by atoms with E-state index in [9.17, 15) is 9.59 Å². The van der Waals surface area contributed by atoms with Crippen molar-refractivity contribution >= 4 is 17.5 Å². The van der Waals surface area contributed by atoms with Gasteiger partial charge in [-0.15, -0.1) is 0 Å². The van der Waals surface area contributed by atoms with E-state index in [-0.39, 0.29) is 30.3 Å². The lowest BCUT2D eigenvalue weighted by Gasteiger charge is -2.33. The number of nitrogens with zero attached hydrogens (tertiary/aromatic N) is 2. The van der Waals surface area contributed by atoms with Crippen LogP contribution in [-0.2, 0) is 14.3 Å². The molecule has 2 aliphatic rings. The van der Waals surface area contributed by atoms with E-state index in [1.165, 1.54) is 0 Å². The quantitative estimate of drug-likeness (QED) is 0.728. The number of nitrogens with two attached hydrogens (primary N) is 1. The molecule has 0 saturated carbocycles. The summed E-state index contributed by atoms with van der Waals surface area (Å²) in [6, 6.07) is 7.36. The van der Waals surface area contributed by atoms with Crippen LogP contribution in [0.3, 0.4) is 0 Å². The highest BCUT2D eigenvalue weighted by molar-refractivity contribution is 6.00. The molecule has 0 spiro atoms. The van der Waals surface area contributed by atoms with Crippen molar-refractivity contribution in [2.75, 3.05) is 44.8 Å². The summed E-state index contributed by atoms with van der Waals surface area (Å²) in [5, 5.41) is 0. The van der Waals surface area contributed by atoms with E-state index in [2.05, 4.69) is 0 Å². The third-order valence-electron chi connectivity index (χ3n) is 5.31. The minimum absolute atomic E-state index is 0.00137. The molecule has 1 atom stereocenters. The fraction of sp³-hybridized carbons (Fsp3) is 0.600. The minimum atomic E-state index is -0.269. The largest absolute Gasteiger partial charge is 0.497 e. The molecule has 0 bridgehead atoms. The molecule has 2 N–H and O–H groups in total. The van der Waals surface area contributed by atoms with Crippen molar-refractivity contribution in [2.24, 2.45) is 11.7 Å². The first-order valence-electron chi connectivity index (χ1n) is 9.67. The first kappa shape index (κ1) is 19.6. The van der Waals surface area contributed by atoms with Gasteiger partial charge < -0.3 is 25.0 Å². The van der Waals surface area contributed by atoms with Gasteiger partial charge in [0, 0.05) is 38.3 Å². The number of hydrogen-bond donors (Lipinski definition) is 1. The summed E-state index contributed by atoms with van der Waals surface area (Å²) in [6.07, 6.45) is 3.04. The fourth-order valence-electron chi connectivity index (χ4n) is 3.72. The van der Waals surface area contributed by atoms with Gasteiger partial charge in [-0.1, -0.05) is 0 Å². The van der Waals surface area contributed by atoms with E-state index in [1.807, 2.05) is 29.2 Å². The number of rotatable bonds is 7. The number of anilines is 1. The van der Waals surface area contributed by atoms with Gasteiger partial charge in [0.15, 0.2) is 0 Å². The third-order valence-corrected chi connectivity index (χ3v) is 5.31. The highest BCUT2D eigenvalue weighted by atomic mass is 16.5. The second kappa shape index (κ2) is 9.19. The summed E-state index contributed by atoms with van der Waals surface area (Å²) in [7, 11) is 1.61. The molecule has 2 aliphatic heterocycles. The Kier molecular flexibility index (Phi) is 6.68. The van der Waals surface area contributed by atoms with Crippen LogP contribution in [-0.4, -0.2) is 62.7 Å². The van der Waals surface area contributed by atoms with Gasteiger partial charge in [-0.05, 0) is 50.1 Å². The number of carbonyl (C=O) groups excluding carboxylic acids is 2. The van der Waals surface area contributed by atoms with Crippen molar-refractivity contribution in [2.45, 2.75) is 31.8 Å². The molecule has 0 radical (unpaired) electrons. The van der Waals surface area contributed by atoms with Crippen LogP contribution in [0.4, 0.5) is 5.69 Å². The van der Waals surface area contributed by atoms with E-state index in [4.69, 9.17) is 15.2 Å². The number of carbonyl (C=O) groups is 2. The lowest BCUT2D eigenvalue weighted by molar-refractivity contribution is -0.138. The van der Waals surface area contributed by atoms with Gasteiger partial charge in [0.1, 0.15) is 5.75 Å². The van der Waals surface area contributed by atoms with Gasteiger partial charge in [0.05, 0.1) is 19.1 Å². The molecular weight excluding hydrogens is 346 g/mol. The Balaban J connectivity index is 1.52. The summed E-state index contributed by atoms with van der Waals surface area (Å²) >= 11 is 0. The van der Waals surface area contributed by atoms with Crippen molar-refractivity contribution in [3.8, 4) is 5.75 Å². The molecule has 1 unspecified atom stereocenters. The first-order chi connectivity index (χ1) is 13.1. The van der Waals surface area contributed by atoms with Crippen LogP contribution in [0.5, 0.6) is 5.75 Å². The highest BCUT2D eigenvalue weighted by Gasteiger charge is 2.38. The predicted octanol–water partition coefficient (Wildman–Crippen LogP) is 1.40. The topological polar surface area (TPSA) is 85.1 Å². The van der Waals surface area contributed by atoms with E-state index < -0.39 is 0 Å². The third kappa shape index (κ3) is 4.78. The molecule has 0 aromatic heterocycles. The van der Waals surface area contributed by atoms with Crippen LogP contribution in [0.15, 0.2) is 24.3 Å². The van der Waals surface area contributed by atoms with Crippen LogP contribution in [0.2, 0.25) is 0 Å². The minimum Gasteiger partial charge on any atom is -0.497 e. The number of amides is 2. The van der Waals surface area contributed by atoms with Gasteiger partial charge in [-0.25, -0.2) is 0 Å². The number of methoxy groups -OCH3 is 1. The van der Waals surface area contributed by atoms with Crippen LogP contribution in [0.25, 0.3) is 0 Å². The van der Waals surface area contributed by atoms with Crippen LogP contribution in [0.1, 0.15) is 25.7 Å². The van der Waals surface area contributed by atoms with E-state index in [0.29, 0.717) is 32.8 Å². The molecule has 3 rings (SSSR count). The maximum Gasteiger partial charge on any atom is 0.228 e. The Morgan fingerprint density at radius 1 is 1.22 bits per heavy atom. The molecule has 7 nitrogen and oxygen atoms in total. The second-order valence-corrected chi connectivity index (χ2v) is 7.14. The maximum atomic E-state index is 12.9. The number of piperidine rings is 1. The van der Waals surface area contributed by atoms with Crippen molar-refractivity contribution < 1.29 is 19.1 Å². The van der Waals surface area contributed by atoms with E-state index in [1.54, 1.807) is 12.0 Å². The number of hydrogen-bond acceptors (Lipinski definition) is 5. The second-order valence-electron chi connectivity index (χ2n) is 7.14. The van der Waals surface area contributed by atoms with Gasteiger partial charge in [-0.2, -0.15) is 0 Å². The van der Waals surface area contributed by atoms with Crippen molar-refractivity contribution in [1.29, 1.82) is 0 Å². The number of ether oxygens (including phenoxy) is 2. The average molecular weight is 375 g/mol. The van der Waals surface area contributed by atoms with Crippen LogP contribution in [0, 0.1) is 5.92 Å². The van der Waals surface area contributed by atoms with Crippen LogP contribution < -0.4 is 15.4 Å². The Labute approximate surface area is 160 Å². The molecule has 0 aliphatic carbocycles. The van der Waals surface area contributed by atoms with Gasteiger partial charge in [0.2, 0.25) is 11.8 Å². The molecule has 2 heterocycles. The number of benzene rings is 1. The summed E-state index contributed by atoms with van der Waals surface area (Å²) in [4.78, 5) is 28.9. The zero-order chi connectivity index (χ0) is 19.2. The Hall–Kier alpha value is -2.12. The molecule has 27 heavy (non-hydrogen) atoms. The van der Waals surface area contributed by atoms with Crippen molar-refractivity contribution in [3.63, 3.8) is 0 Å². The fourth-order valence-corrected chi connectivity index (χ4v) is 3.72. The molecule has 1 aromatic carbocycles. The van der Waals surface area contributed by atoms with Gasteiger partial charge >= 0.3 is 0 Å². The Morgan fingerprint density at radius 3 is 2.56 bits per heavy atom. The Morgan fingerprint density at radius 2 is 1.93 bits per heavy atom. The van der Waals surface area contributed by atoms with E-state index in [0.717, 1.165) is 30.7 Å². The smallest absolute Gasteiger partial charge is 0.228 e. The molecule has 1 aromatic rings. The molecule has 148 valence electrons. The van der Waals surface area contributed by atoms with Gasteiger partial charge in [0.25, 0.3) is 0 Å². The molecule has 7 heteroatoms. The summed E-state index contributed by atoms with van der Waals surface area (Å²) in [6.45, 7) is 3.15. The number of likely N-dealkylation sites (tertiary alicyclic amines) is 1. The van der Waals surface area contributed by atoms with Gasteiger partial charge in [-0.3, -0.25) is 9.59 Å². The highest BCUT2D eigenvalue weighted by Crippen LogP contribution is 2.28. The lowest BCUT2D eigenvalue weighted by Crippen LogP contribution is -2.44. The molecule has 2 saturated heterocycles. The average Bonchev–Trinajstić information content (AvgIpc) is 3.10. The standard InChI is InChI=1S/C20H29N3O4/c1-26-17-5-3-16(4-6-17)23-14-15(13-19(23)24)20(25)22-10-7-18(8-11-22)27-12-2-9-21/h3-6,15,18H,2,7-14,21H2,1H3. The van der Waals surface area contributed by atoms with Crippen molar-refractivity contribution in [1.82, 2.24) is 4.90 Å². The Bertz CT molecular complexity index is 641. The van der Waals surface area contributed by atoms with Crippen molar-refractivity contribution in [3.05, 3.63) is 24.3 Å². The monoisotopic (exact) mass is 375 g/mol. The SMILES string of the molecule is COc1ccc(N2CC(C(=O)N3CCC(OCCCN)CC3)CC2=O)cc1. The molecule has 2 fully saturated rings. The zero-order valence-corrected chi connectivity index (χ0v) is 15.9. The van der Waals surface area contributed by atoms with E-state index >= 15 is 0 Å². The summed E-state index contributed by atoms with van der Waals surface area (Å²) in [5.74, 6) is 0.558. The maximum absolute atomic E-state index is 12.9. The van der Waals surface area contributed by atoms with Crippen LogP contribution >= 0.6 is 0 Å². The normalized spacial score (nSPS) is 21.0. The summed E-state index contributed by atoms with van der Waals surface area (Å²) < 4.78 is 11.0. The predicted molar refractivity (Wildman–Crippen MR) is 103 cm³/mol. The zero-order valence-electron chi connectivity index (χ0n) is 15.9. The first-order valence-corrected chi connectivity index (χ1v) is 9.67. The molecular formula is C20H29N3O4. The molecule has 2 amide bonds. The summed E-state index contributed by atoms with van der Waals surface area (Å²) in [5.41, 5.74) is 6.29. The lowest BCUT2D eigenvalue weighted by atomic mass is 10.0.